The molecule has 7 nitrogen and oxygen atoms in total. The number of aryl methyl sites for hydroxylation is 1. The molecule has 8 heteroatoms. The number of urea groups is 1. The van der Waals surface area contributed by atoms with Crippen molar-refractivity contribution in [2.45, 2.75) is 6.54 Å². The van der Waals surface area contributed by atoms with Crippen LogP contribution in [0.25, 0.3) is 0 Å². The molecule has 0 saturated carbocycles. The van der Waals surface area contributed by atoms with E-state index in [9.17, 15) is 14.0 Å². The van der Waals surface area contributed by atoms with Gasteiger partial charge in [0, 0.05) is 18.9 Å². The summed E-state index contributed by atoms with van der Waals surface area (Å²) in [7, 11) is 1.74. The number of nitrogens with zero attached hydrogens (tertiary/aromatic N) is 2. The average molecular weight is 292 g/mol. The van der Waals surface area contributed by atoms with E-state index in [0.29, 0.717) is 0 Å². The number of amides is 2. The quantitative estimate of drug-likeness (QED) is 0.797. The number of carbonyl (C=O) groups excluding carboxylic acids is 1. The maximum absolute atomic E-state index is 13.4. The molecule has 0 spiro atoms. The zero-order valence-electron chi connectivity index (χ0n) is 11.1. The summed E-state index contributed by atoms with van der Waals surface area (Å²) in [4.78, 5) is 22.3. The van der Waals surface area contributed by atoms with E-state index >= 15 is 0 Å². The van der Waals surface area contributed by atoms with E-state index < -0.39 is 23.4 Å². The number of nitrogens with one attached hydrogen (secondary N) is 2. The molecule has 0 saturated heterocycles. The Morgan fingerprint density at radius 3 is 2.71 bits per heavy atom. The van der Waals surface area contributed by atoms with Crippen molar-refractivity contribution in [2.75, 3.05) is 5.32 Å². The van der Waals surface area contributed by atoms with Crippen LogP contribution in [-0.4, -0.2) is 26.9 Å². The highest BCUT2D eigenvalue weighted by molar-refractivity contribution is 5.91. The number of halogens is 1. The van der Waals surface area contributed by atoms with E-state index in [-0.39, 0.29) is 12.2 Å². The highest BCUT2D eigenvalue weighted by Gasteiger charge is 2.11. The fourth-order valence-electron chi connectivity index (χ4n) is 1.69. The van der Waals surface area contributed by atoms with Crippen LogP contribution in [0.15, 0.2) is 30.5 Å². The van der Waals surface area contributed by atoms with Crippen molar-refractivity contribution in [2.24, 2.45) is 7.05 Å². The first kappa shape index (κ1) is 14.5. The molecule has 0 aliphatic rings. The first-order valence-electron chi connectivity index (χ1n) is 6.02. The number of anilines is 1. The number of carboxylic acids is 1. The minimum Gasteiger partial charge on any atom is -0.478 e. The number of hydrogen-bond acceptors (Lipinski definition) is 3. The molecule has 3 N–H and O–H groups in total. The van der Waals surface area contributed by atoms with Crippen molar-refractivity contribution >= 4 is 17.7 Å². The van der Waals surface area contributed by atoms with Gasteiger partial charge in [0.05, 0.1) is 17.8 Å². The van der Waals surface area contributed by atoms with Crippen molar-refractivity contribution in [1.29, 1.82) is 0 Å². The standard InChI is InChI=1S/C13H13FN4O3/c1-18-9(4-5-16-18)7-15-13(21)17-8-2-3-10(12(19)20)11(14)6-8/h2-6H,7H2,1H3,(H,19,20)(H2,15,17,21). The van der Waals surface area contributed by atoms with Gasteiger partial charge in [0.15, 0.2) is 0 Å². The zero-order valence-corrected chi connectivity index (χ0v) is 11.1. The molecule has 0 aliphatic carbocycles. The summed E-state index contributed by atoms with van der Waals surface area (Å²) in [6.45, 7) is 0.262. The van der Waals surface area contributed by atoms with Gasteiger partial charge in [0.2, 0.25) is 0 Å². The number of carbonyl (C=O) groups is 2. The first-order chi connectivity index (χ1) is 9.97. The number of rotatable bonds is 4. The van der Waals surface area contributed by atoms with Crippen LogP contribution in [0.4, 0.5) is 14.9 Å². The van der Waals surface area contributed by atoms with E-state index in [4.69, 9.17) is 5.11 Å². The third-order valence-corrected chi connectivity index (χ3v) is 2.81. The van der Waals surface area contributed by atoms with Crippen LogP contribution in [0.2, 0.25) is 0 Å². The Morgan fingerprint density at radius 1 is 1.38 bits per heavy atom. The SMILES string of the molecule is Cn1nccc1CNC(=O)Nc1ccc(C(=O)O)c(F)c1. The molecule has 0 fully saturated rings. The van der Waals surface area contributed by atoms with E-state index in [1.165, 1.54) is 6.07 Å². The Morgan fingerprint density at radius 2 is 2.14 bits per heavy atom. The van der Waals surface area contributed by atoms with Crippen LogP contribution < -0.4 is 10.6 Å². The Balaban J connectivity index is 1.95. The summed E-state index contributed by atoms with van der Waals surface area (Å²) in [5.41, 5.74) is 0.522. The lowest BCUT2D eigenvalue weighted by atomic mass is 10.2. The maximum Gasteiger partial charge on any atom is 0.338 e. The van der Waals surface area contributed by atoms with Gasteiger partial charge in [-0.05, 0) is 24.3 Å². The third kappa shape index (κ3) is 3.56. The van der Waals surface area contributed by atoms with Crippen LogP contribution >= 0.6 is 0 Å². The smallest absolute Gasteiger partial charge is 0.338 e. The van der Waals surface area contributed by atoms with Crippen molar-refractivity contribution in [1.82, 2.24) is 15.1 Å². The predicted molar refractivity (Wildman–Crippen MR) is 72.4 cm³/mol. The van der Waals surface area contributed by atoms with Crippen LogP contribution in [0.1, 0.15) is 16.1 Å². The molecule has 0 bridgehead atoms. The lowest BCUT2D eigenvalue weighted by Crippen LogP contribution is -2.29. The van der Waals surface area contributed by atoms with Crippen LogP contribution in [-0.2, 0) is 13.6 Å². The second-order valence-corrected chi connectivity index (χ2v) is 4.25. The molecule has 110 valence electrons. The lowest BCUT2D eigenvalue weighted by molar-refractivity contribution is 0.0692. The molecule has 1 aromatic carbocycles. The van der Waals surface area contributed by atoms with Crippen LogP contribution in [0.3, 0.4) is 0 Å². The van der Waals surface area contributed by atoms with Crippen LogP contribution in [0, 0.1) is 5.82 Å². The van der Waals surface area contributed by atoms with Crippen molar-refractivity contribution in [3.8, 4) is 0 Å². The van der Waals surface area contributed by atoms with Gasteiger partial charge in [0.25, 0.3) is 0 Å². The van der Waals surface area contributed by atoms with Gasteiger partial charge in [-0.15, -0.1) is 0 Å². The molecule has 0 aliphatic heterocycles. The van der Waals surface area contributed by atoms with Crippen molar-refractivity contribution in [3.63, 3.8) is 0 Å². The monoisotopic (exact) mass is 292 g/mol. The Kier molecular flexibility index (Phi) is 4.17. The van der Waals surface area contributed by atoms with Crippen molar-refractivity contribution in [3.05, 3.63) is 47.5 Å². The van der Waals surface area contributed by atoms with E-state index in [2.05, 4.69) is 15.7 Å². The molecular weight excluding hydrogens is 279 g/mol. The zero-order chi connectivity index (χ0) is 15.4. The Labute approximate surface area is 119 Å². The fraction of sp³-hybridized carbons (Fsp3) is 0.154. The van der Waals surface area contributed by atoms with Gasteiger partial charge in [-0.3, -0.25) is 4.68 Å². The molecule has 1 heterocycles. The highest BCUT2D eigenvalue weighted by atomic mass is 19.1. The highest BCUT2D eigenvalue weighted by Crippen LogP contribution is 2.14. The molecule has 0 unspecified atom stereocenters. The minimum absolute atomic E-state index is 0.167. The summed E-state index contributed by atoms with van der Waals surface area (Å²) in [5, 5.41) is 17.7. The van der Waals surface area contributed by atoms with E-state index in [1.807, 2.05) is 0 Å². The molecular formula is C13H13FN4O3. The fourth-order valence-corrected chi connectivity index (χ4v) is 1.69. The molecule has 2 amide bonds. The van der Waals surface area contributed by atoms with Gasteiger partial charge in [-0.25, -0.2) is 14.0 Å². The molecule has 0 atom stereocenters. The maximum atomic E-state index is 13.4. The lowest BCUT2D eigenvalue weighted by Gasteiger charge is -2.08. The predicted octanol–water partition coefficient (Wildman–Crippen LogP) is 1.58. The summed E-state index contributed by atoms with van der Waals surface area (Å²) in [6, 6.07) is 4.58. The second-order valence-electron chi connectivity index (χ2n) is 4.25. The van der Waals surface area contributed by atoms with Gasteiger partial charge in [-0.1, -0.05) is 0 Å². The summed E-state index contributed by atoms with van der Waals surface area (Å²) >= 11 is 0. The molecule has 21 heavy (non-hydrogen) atoms. The number of aromatic carboxylic acids is 1. The molecule has 2 aromatic rings. The topological polar surface area (TPSA) is 96.3 Å². The van der Waals surface area contributed by atoms with Gasteiger partial charge in [0.1, 0.15) is 5.82 Å². The Bertz CT molecular complexity index is 684. The summed E-state index contributed by atoms with van der Waals surface area (Å²) < 4.78 is 15.1. The van der Waals surface area contributed by atoms with E-state index in [0.717, 1.165) is 17.8 Å². The minimum atomic E-state index is -1.36. The average Bonchev–Trinajstić information content (AvgIpc) is 2.81. The van der Waals surface area contributed by atoms with Gasteiger partial charge >= 0.3 is 12.0 Å². The molecule has 1 aromatic heterocycles. The van der Waals surface area contributed by atoms with E-state index in [1.54, 1.807) is 24.0 Å². The first-order valence-corrected chi connectivity index (χ1v) is 6.02. The molecule has 0 radical (unpaired) electrons. The largest absolute Gasteiger partial charge is 0.478 e. The number of aromatic nitrogens is 2. The number of benzene rings is 1. The van der Waals surface area contributed by atoms with Crippen LogP contribution in [0.5, 0.6) is 0 Å². The normalized spacial score (nSPS) is 10.2. The summed E-state index contributed by atoms with van der Waals surface area (Å²) in [6.07, 6.45) is 1.61. The molecule has 2 rings (SSSR count). The van der Waals surface area contributed by atoms with Crippen molar-refractivity contribution < 1.29 is 19.1 Å². The number of carboxylic acid groups (broad SMARTS) is 1. The summed E-state index contributed by atoms with van der Waals surface area (Å²) in [5.74, 6) is -2.27. The number of hydrogen-bond donors (Lipinski definition) is 3. The van der Waals surface area contributed by atoms with Gasteiger partial charge in [-0.2, -0.15) is 5.10 Å². The Hall–Kier alpha value is -2.90. The van der Waals surface area contributed by atoms with Gasteiger partial charge < -0.3 is 15.7 Å². The second kappa shape index (κ2) is 6.04. The third-order valence-electron chi connectivity index (χ3n) is 2.81.